The predicted octanol–water partition coefficient (Wildman–Crippen LogP) is 4.77. The third-order valence-electron chi connectivity index (χ3n) is 5.15. The van der Waals surface area contributed by atoms with Gasteiger partial charge in [0.1, 0.15) is 5.75 Å². The average molecular weight is 560 g/mol. The lowest BCUT2D eigenvalue weighted by atomic mass is 10.1. The van der Waals surface area contributed by atoms with E-state index in [4.69, 9.17) is 4.74 Å². The number of para-hydroxylation sites is 1. The molecule has 0 aliphatic heterocycles. The standard InChI is InChI=1S/C26H21N3O5S.2ClH/c1-34-23-8-10-24(11-9-23)35(32,33)29(26(30)22-12-16-27-17-13-22)25-5-3-2-4-21(25)7-6-20-14-18-28(31)19-15-20;;/h2-19H,1H3;2*1H. The summed E-state index contributed by atoms with van der Waals surface area (Å²) < 4.78 is 34.2. The number of sulfonamides is 1. The minimum absolute atomic E-state index is 0. The summed E-state index contributed by atoms with van der Waals surface area (Å²) in [5, 5.41) is 11.3. The Morgan fingerprint density at radius 2 is 1.54 bits per heavy atom. The molecule has 37 heavy (non-hydrogen) atoms. The maximum Gasteiger partial charge on any atom is 0.272 e. The van der Waals surface area contributed by atoms with Crippen molar-refractivity contribution in [3.8, 4) is 5.75 Å². The number of aromatic nitrogens is 2. The van der Waals surface area contributed by atoms with E-state index in [0.717, 1.165) is 9.87 Å². The predicted molar refractivity (Wildman–Crippen MR) is 146 cm³/mol. The maximum absolute atomic E-state index is 13.8. The molecule has 0 unspecified atom stereocenters. The average Bonchev–Trinajstić information content (AvgIpc) is 2.89. The molecule has 0 saturated carbocycles. The van der Waals surface area contributed by atoms with Gasteiger partial charge in [-0.15, -0.1) is 24.8 Å². The molecule has 0 N–H and O–H groups in total. The van der Waals surface area contributed by atoms with Gasteiger partial charge in [0, 0.05) is 30.1 Å². The van der Waals surface area contributed by atoms with Crippen molar-refractivity contribution >= 4 is 58.6 Å². The minimum atomic E-state index is -4.31. The van der Waals surface area contributed by atoms with Gasteiger partial charge in [-0.05, 0) is 53.6 Å². The zero-order valence-electron chi connectivity index (χ0n) is 19.5. The monoisotopic (exact) mass is 559 g/mol. The largest absolute Gasteiger partial charge is 0.619 e. The highest BCUT2D eigenvalue weighted by Gasteiger charge is 2.33. The van der Waals surface area contributed by atoms with Crippen LogP contribution in [0.25, 0.3) is 12.2 Å². The van der Waals surface area contributed by atoms with E-state index in [1.807, 2.05) is 0 Å². The first-order chi connectivity index (χ1) is 16.9. The van der Waals surface area contributed by atoms with Crippen LogP contribution in [0.1, 0.15) is 21.5 Å². The van der Waals surface area contributed by atoms with Crippen molar-refractivity contribution < 1.29 is 22.7 Å². The molecule has 0 fully saturated rings. The van der Waals surface area contributed by atoms with Crippen molar-refractivity contribution in [2.75, 3.05) is 11.4 Å². The van der Waals surface area contributed by atoms with Gasteiger partial charge >= 0.3 is 0 Å². The van der Waals surface area contributed by atoms with Gasteiger partial charge in [-0.25, -0.2) is 8.42 Å². The van der Waals surface area contributed by atoms with Crippen LogP contribution >= 0.6 is 24.8 Å². The second-order valence-corrected chi connectivity index (χ2v) is 9.16. The van der Waals surface area contributed by atoms with E-state index < -0.39 is 15.9 Å². The van der Waals surface area contributed by atoms with Crippen LogP contribution in [0.4, 0.5) is 5.69 Å². The van der Waals surface area contributed by atoms with Gasteiger partial charge < -0.3 is 9.94 Å². The first-order valence-electron chi connectivity index (χ1n) is 10.5. The summed E-state index contributed by atoms with van der Waals surface area (Å²) in [7, 11) is -2.83. The number of pyridine rings is 2. The normalized spacial score (nSPS) is 10.7. The number of carbonyl (C=O) groups excluding carboxylic acids is 1. The number of benzene rings is 2. The molecular weight excluding hydrogens is 537 g/mol. The Balaban J connectivity index is 0.00000241. The first kappa shape index (κ1) is 29.3. The van der Waals surface area contributed by atoms with Crippen LogP contribution < -0.4 is 13.8 Å². The van der Waals surface area contributed by atoms with Crippen LogP contribution in [0, 0.1) is 5.21 Å². The Kier molecular flexibility index (Phi) is 10.2. The summed E-state index contributed by atoms with van der Waals surface area (Å²) in [6.45, 7) is 0. The summed E-state index contributed by atoms with van der Waals surface area (Å²) in [5.74, 6) is -0.238. The van der Waals surface area contributed by atoms with Crippen molar-refractivity contribution in [1.82, 2.24) is 4.98 Å². The second-order valence-electron chi connectivity index (χ2n) is 7.37. The van der Waals surface area contributed by atoms with Crippen molar-refractivity contribution in [3.63, 3.8) is 0 Å². The smallest absolute Gasteiger partial charge is 0.272 e. The molecule has 4 rings (SSSR count). The molecule has 0 aliphatic rings. The fourth-order valence-electron chi connectivity index (χ4n) is 3.35. The summed E-state index contributed by atoms with van der Waals surface area (Å²) in [6, 6.07) is 18.7. The van der Waals surface area contributed by atoms with E-state index in [9.17, 15) is 18.4 Å². The molecule has 2 heterocycles. The number of methoxy groups -OCH3 is 1. The van der Waals surface area contributed by atoms with Gasteiger partial charge in [0.2, 0.25) is 0 Å². The fourth-order valence-corrected chi connectivity index (χ4v) is 4.79. The van der Waals surface area contributed by atoms with Crippen LogP contribution in [-0.4, -0.2) is 26.4 Å². The molecule has 8 nitrogen and oxygen atoms in total. The van der Waals surface area contributed by atoms with E-state index in [1.54, 1.807) is 48.6 Å². The number of rotatable bonds is 7. The molecule has 0 radical (unpaired) electrons. The molecule has 2 aromatic heterocycles. The Hall–Kier alpha value is -3.92. The Labute approximate surface area is 227 Å². The number of anilines is 1. The summed E-state index contributed by atoms with van der Waals surface area (Å²) in [6.07, 6.45) is 8.99. The molecule has 4 aromatic rings. The first-order valence-corrected chi connectivity index (χ1v) is 11.9. The van der Waals surface area contributed by atoms with Crippen LogP contribution in [0.15, 0.2) is 102 Å². The second kappa shape index (κ2) is 12.9. The number of hydrogen-bond donors (Lipinski definition) is 0. The van der Waals surface area contributed by atoms with E-state index in [1.165, 1.54) is 68.3 Å². The number of ether oxygens (including phenoxy) is 1. The molecule has 0 atom stereocenters. The molecule has 11 heteroatoms. The summed E-state index contributed by atoms with van der Waals surface area (Å²) >= 11 is 0. The lowest BCUT2D eigenvalue weighted by Crippen LogP contribution is -2.37. The lowest BCUT2D eigenvalue weighted by molar-refractivity contribution is -0.605. The van der Waals surface area contributed by atoms with Crippen molar-refractivity contribution in [3.05, 3.63) is 119 Å². The Morgan fingerprint density at radius 1 is 0.919 bits per heavy atom. The summed E-state index contributed by atoms with van der Waals surface area (Å²) in [5.41, 5.74) is 1.57. The molecule has 1 amide bonds. The van der Waals surface area contributed by atoms with Crippen LogP contribution in [0.5, 0.6) is 5.75 Å². The van der Waals surface area contributed by atoms with Gasteiger partial charge in [-0.3, -0.25) is 9.78 Å². The van der Waals surface area contributed by atoms with Gasteiger partial charge in [0.15, 0.2) is 12.4 Å². The quantitative estimate of drug-likeness (QED) is 0.238. The van der Waals surface area contributed by atoms with Crippen LogP contribution in [0.2, 0.25) is 0 Å². The SMILES string of the molecule is COc1ccc(S(=O)(=O)N(C(=O)c2ccncc2)c2ccccc2C=Cc2cc[n+]([O-])cc2)cc1.Cl.Cl. The molecule has 2 aromatic carbocycles. The highest BCUT2D eigenvalue weighted by molar-refractivity contribution is 7.93. The van der Waals surface area contributed by atoms with Crippen LogP contribution in [-0.2, 0) is 10.0 Å². The Morgan fingerprint density at radius 3 is 2.16 bits per heavy atom. The number of nitrogens with zero attached hydrogens (tertiary/aromatic N) is 3. The molecule has 0 spiro atoms. The van der Waals surface area contributed by atoms with Gasteiger partial charge in [0.25, 0.3) is 15.9 Å². The van der Waals surface area contributed by atoms with Crippen molar-refractivity contribution in [1.29, 1.82) is 0 Å². The third-order valence-corrected chi connectivity index (χ3v) is 6.86. The number of amides is 1. The summed E-state index contributed by atoms with van der Waals surface area (Å²) in [4.78, 5) is 17.4. The van der Waals surface area contributed by atoms with Gasteiger partial charge in [-0.2, -0.15) is 9.04 Å². The van der Waals surface area contributed by atoms with E-state index >= 15 is 0 Å². The molecular formula is C26H23Cl2N3O5S. The van der Waals surface area contributed by atoms with Crippen molar-refractivity contribution in [2.24, 2.45) is 0 Å². The molecule has 0 bridgehead atoms. The number of hydrogen-bond acceptors (Lipinski definition) is 6. The molecule has 0 aliphatic carbocycles. The van der Waals surface area contributed by atoms with Gasteiger partial charge in [-0.1, -0.05) is 30.4 Å². The zero-order valence-corrected chi connectivity index (χ0v) is 21.9. The number of carbonyl (C=O) groups is 1. The number of halogens is 2. The molecule has 0 saturated heterocycles. The lowest BCUT2D eigenvalue weighted by Gasteiger charge is -2.24. The maximum atomic E-state index is 13.8. The molecule has 192 valence electrons. The zero-order chi connectivity index (χ0) is 24.8. The van der Waals surface area contributed by atoms with Crippen molar-refractivity contribution in [2.45, 2.75) is 4.90 Å². The van der Waals surface area contributed by atoms with E-state index in [-0.39, 0.29) is 41.0 Å². The Bertz CT molecular complexity index is 1460. The van der Waals surface area contributed by atoms with Crippen LogP contribution in [0.3, 0.4) is 0 Å². The minimum Gasteiger partial charge on any atom is -0.619 e. The highest BCUT2D eigenvalue weighted by atomic mass is 35.5. The third kappa shape index (κ3) is 6.65. The highest BCUT2D eigenvalue weighted by Crippen LogP contribution is 2.31. The fraction of sp³-hybridized carbons (Fsp3) is 0.0385. The van der Waals surface area contributed by atoms with E-state index in [0.29, 0.717) is 16.0 Å². The van der Waals surface area contributed by atoms with Gasteiger partial charge in [0.05, 0.1) is 17.7 Å². The topological polar surface area (TPSA) is 104 Å². The van der Waals surface area contributed by atoms with E-state index in [2.05, 4.69) is 4.98 Å².